The second-order valence-electron chi connectivity index (χ2n) is 6.37. The molecule has 4 rings (SSSR count). The van der Waals surface area contributed by atoms with Crippen LogP contribution in [-0.4, -0.2) is 17.4 Å². The molecule has 130 valence electrons. The highest BCUT2D eigenvalue weighted by atomic mass is 16.3. The van der Waals surface area contributed by atoms with E-state index in [0.29, 0.717) is 6.54 Å². The maximum absolute atomic E-state index is 12.9. The van der Waals surface area contributed by atoms with Crippen molar-refractivity contribution in [3.63, 3.8) is 0 Å². The number of rotatable bonds is 4. The summed E-state index contributed by atoms with van der Waals surface area (Å²) in [5.74, 6) is 0.736. The maximum atomic E-state index is 12.9. The number of hydrogen-bond acceptors (Lipinski definition) is 3. The van der Waals surface area contributed by atoms with Crippen molar-refractivity contribution in [2.45, 2.75) is 19.3 Å². The topological polar surface area (TPSA) is 55.1 Å². The highest BCUT2D eigenvalue weighted by Crippen LogP contribution is 2.36. The van der Waals surface area contributed by atoms with Crippen molar-refractivity contribution in [1.29, 1.82) is 0 Å². The van der Waals surface area contributed by atoms with Crippen LogP contribution in [0.3, 0.4) is 0 Å². The number of amides is 1. The number of carbonyl (C=O) groups is 1. The predicted octanol–water partition coefficient (Wildman–Crippen LogP) is 4.62. The fourth-order valence-corrected chi connectivity index (χ4v) is 3.53. The smallest absolute Gasteiger partial charge is 0.252 e. The van der Waals surface area contributed by atoms with Crippen LogP contribution in [0.1, 0.15) is 40.2 Å². The summed E-state index contributed by atoms with van der Waals surface area (Å²) in [5, 5.41) is 3.82. The molecule has 0 saturated carbocycles. The lowest BCUT2D eigenvalue weighted by Crippen LogP contribution is -2.26. The molecule has 4 heteroatoms. The fourth-order valence-electron chi connectivity index (χ4n) is 3.53. The van der Waals surface area contributed by atoms with Gasteiger partial charge in [0, 0.05) is 11.9 Å². The first-order valence-corrected chi connectivity index (χ1v) is 8.83. The lowest BCUT2D eigenvalue weighted by molar-refractivity contribution is 0.0958. The summed E-state index contributed by atoms with van der Waals surface area (Å²) < 4.78 is 5.48. The van der Waals surface area contributed by atoms with Gasteiger partial charge in [0.2, 0.25) is 0 Å². The molecule has 1 aliphatic rings. The maximum Gasteiger partial charge on any atom is 0.252 e. The van der Waals surface area contributed by atoms with Crippen LogP contribution >= 0.6 is 0 Å². The first kappa shape index (κ1) is 16.3. The molecule has 4 nitrogen and oxygen atoms in total. The molecular weight excluding hydrogens is 324 g/mol. The zero-order chi connectivity index (χ0) is 17.9. The summed E-state index contributed by atoms with van der Waals surface area (Å²) >= 11 is 0. The van der Waals surface area contributed by atoms with E-state index >= 15 is 0 Å². The summed E-state index contributed by atoms with van der Waals surface area (Å²) in [7, 11) is 0. The minimum absolute atomic E-state index is 0.0704. The quantitative estimate of drug-likeness (QED) is 0.703. The fraction of sp³-hybridized carbons (Fsp3) is 0.182. The van der Waals surface area contributed by atoms with Crippen LogP contribution in [0.25, 0.3) is 22.6 Å². The Kier molecular flexibility index (Phi) is 4.40. The monoisotopic (exact) mass is 344 g/mol. The summed E-state index contributed by atoms with van der Waals surface area (Å²) in [6.45, 7) is 4.13. The van der Waals surface area contributed by atoms with Crippen molar-refractivity contribution in [3.05, 3.63) is 77.9 Å². The number of carbonyl (C=O) groups excluding carboxylic acids is 1. The van der Waals surface area contributed by atoms with Crippen molar-refractivity contribution in [3.8, 4) is 0 Å². The molecule has 1 aromatic carbocycles. The van der Waals surface area contributed by atoms with Crippen molar-refractivity contribution in [1.82, 2.24) is 10.3 Å². The van der Waals surface area contributed by atoms with Crippen molar-refractivity contribution in [2.75, 3.05) is 6.54 Å². The molecule has 0 atom stereocenters. The minimum Gasteiger partial charge on any atom is -0.465 e. The minimum atomic E-state index is -0.0704. The second-order valence-corrected chi connectivity index (χ2v) is 6.37. The molecule has 1 N–H and O–H groups in total. The standard InChI is InChI=1S/C22H20N2O2/c1-2-12-23-22(25)20-17-9-3-4-11-19(17)24-21-15(7-5-10-18(20)21)14-16-8-6-13-26-16/h2-4,6,8-9,11,13-14H,1,5,7,10,12H2,(H,23,25)/b15-14+. The van der Waals surface area contributed by atoms with Crippen LogP contribution < -0.4 is 5.32 Å². The van der Waals surface area contributed by atoms with Crippen LogP contribution in [0.15, 0.2) is 59.7 Å². The van der Waals surface area contributed by atoms with E-state index in [-0.39, 0.29) is 5.91 Å². The summed E-state index contributed by atoms with van der Waals surface area (Å²) in [6, 6.07) is 11.6. The number of nitrogens with one attached hydrogen (secondary N) is 1. The number of hydrogen-bond donors (Lipinski definition) is 1. The number of aromatic nitrogens is 1. The molecule has 0 unspecified atom stereocenters. The van der Waals surface area contributed by atoms with Gasteiger partial charge in [0.15, 0.2) is 0 Å². The summed E-state index contributed by atoms with van der Waals surface area (Å²) in [6.07, 6.45) is 8.15. The van der Waals surface area contributed by atoms with E-state index in [1.165, 1.54) is 0 Å². The number of benzene rings is 1. The number of nitrogens with zero attached hydrogens (tertiary/aromatic N) is 1. The molecule has 2 aromatic heterocycles. The molecule has 0 radical (unpaired) electrons. The van der Waals surface area contributed by atoms with Gasteiger partial charge in [0.25, 0.3) is 5.91 Å². The van der Waals surface area contributed by atoms with E-state index in [9.17, 15) is 4.79 Å². The second kappa shape index (κ2) is 7.00. The number of furan rings is 1. The van der Waals surface area contributed by atoms with Crippen molar-refractivity contribution in [2.24, 2.45) is 0 Å². The SMILES string of the molecule is C=CCNC(=O)c1c2c(nc3ccccc13)/C(=C/c1ccco1)CCC2. The average molecular weight is 344 g/mol. The van der Waals surface area contributed by atoms with E-state index in [0.717, 1.165) is 58.3 Å². The van der Waals surface area contributed by atoms with Gasteiger partial charge in [-0.15, -0.1) is 6.58 Å². The Bertz CT molecular complexity index is 1000. The Morgan fingerprint density at radius 2 is 2.12 bits per heavy atom. The Morgan fingerprint density at radius 3 is 2.92 bits per heavy atom. The van der Waals surface area contributed by atoms with Gasteiger partial charge in [-0.25, -0.2) is 4.98 Å². The molecule has 1 aliphatic carbocycles. The largest absolute Gasteiger partial charge is 0.465 e. The van der Waals surface area contributed by atoms with Gasteiger partial charge in [-0.3, -0.25) is 4.79 Å². The third-order valence-corrected chi connectivity index (χ3v) is 4.66. The highest BCUT2D eigenvalue weighted by Gasteiger charge is 2.25. The molecule has 26 heavy (non-hydrogen) atoms. The predicted molar refractivity (Wildman–Crippen MR) is 104 cm³/mol. The number of pyridine rings is 1. The first-order valence-electron chi connectivity index (χ1n) is 8.83. The van der Waals surface area contributed by atoms with Gasteiger partial charge < -0.3 is 9.73 Å². The van der Waals surface area contributed by atoms with Gasteiger partial charge in [-0.05, 0) is 54.7 Å². The third-order valence-electron chi connectivity index (χ3n) is 4.66. The number of para-hydroxylation sites is 1. The molecule has 0 bridgehead atoms. The van der Waals surface area contributed by atoms with Crippen molar-refractivity contribution < 1.29 is 9.21 Å². The molecule has 2 heterocycles. The number of fused-ring (bicyclic) bond motifs is 2. The Balaban J connectivity index is 1.92. The first-order chi connectivity index (χ1) is 12.8. The molecule has 0 aliphatic heterocycles. The van der Waals surface area contributed by atoms with E-state index in [1.807, 2.05) is 42.5 Å². The van der Waals surface area contributed by atoms with E-state index in [1.54, 1.807) is 12.3 Å². The van der Waals surface area contributed by atoms with Crippen molar-refractivity contribution >= 4 is 28.5 Å². The molecule has 3 aromatic rings. The molecule has 1 amide bonds. The Labute approximate surface area is 152 Å². The van der Waals surface area contributed by atoms with E-state index in [2.05, 4.69) is 11.9 Å². The Hall–Kier alpha value is -3.14. The Morgan fingerprint density at radius 1 is 1.23 bits per heavy atom. The van der Waals surface area contributed by atoms with E-state index < -0.39 is 0 Å². The lowest BCUT2D eigenvalue weighted by atomic mass is 9.86. The normalized spacial score (nSPS) is 15.0. The zero-order valence-electron chi connectivity index (χ0n) is 14.5. The average Bonchev–Trinajstić information content (AvgIpc) is 3.18. The molecule has 0 spiro atoms. The van der Waals surface area contributed by atoms with Crippen LogP contribution in [0, 0.1) is 0 Å². The van der Waals surface area contributed by atoms with Gasteiger partial charge in [-0.1, -0.05) is 24.3 Å². The van der Waals surface area contributed by atoms with E-state index in [4.69, 9.17) is 9.40 Å². The van der Waals surface area contributed by atoms with Crippen LogP contribution in [0.5, 0.6) is 0 Å². The van der Waals surface area contributed by atoms with Gasteiger partial charge in [0.05, 0.1) is 23.0 Å². The lowest BCUT2D eigenvalue weighted by Gasteiger charge is -2.22. The van der Waals surface area contributed by atoms with Gasteiger partial charge >= 0.3 is 0 Å². The number of allylic oxidation sites excluding steroid dienone is 1. The molecule has 0 saturated heterocycles. The highest BCUT2D eigenvalue weighted by molar-refractivity contribution is 6.09. The van der Waals surface area contributed by atoms with Crippen LogP contribution in [0.2, 0.25) is 0 Å². The zero-order valence-corrected chi connectivity index (χ0v) is 14.5. The van der Waals surface area contributed by atoms with Crippen LogP contribution in [-0.2, 0) is 6.42 Å². The summed E-state index contributed by atoms with van der Waals surface area (Å²) in [4.78, 5) is 17.8. The molecular formula is C22H20N2O2. The van der Waals surface area contributed by atoms with Crippen LogP contribution in [0.4, 0.5) is 0 Å². The summed E-state index contributed by atoms with van der Waals surface area (Å²) in [5.41, 5.74) is 4.62. The van der Waals surface area contributed by atoms with Gasteiger partial charge in [-0.2, -0.15) is 0 Å². The molecule has 0 fully saturated rings. The van der Waals surface area contributed by atoms with Gasteiger partial charge in [0.1, 0.15) is 5.76 Å². The third kappa shape index (κ3) is 2.94.